The average molecular weight is 405 g/mol. The third-order valence-corrected chi connectivity index (χ3v) is 5.17. The Balaban J connectivity index is 1.71. The molecule has 2 N–H and O–H groups in total. The number of nitrogens with one attached hydrogen (secondary N) is 1. The molecule has 0 spiro atoms. The smallest absolute Gasteiger partial charge is 0.161 e. The molecule has 154 valence electrons. The van der Waals surface area contributed by atoms with Crippen LogP contribution in [0.25, 0.3) is 16.9 Å². The van der Waals surface area contributed by atoms with Crippen molar-refractivity contribution in [3.05, 3.63) is 71.9 Å². The molecule has 0 saturated carbocycles. The monoisotopic (exact) mass is 405 g/mol. The molecule has 1 aromatic carbocycles. The fourth-order valence-electron chi connectivity index (χ4n) is 3.39. The third kappa shape index (κ3) is 3.96. The number of phenols is 1. The van der Waals surface area contributed by atoms with E-state index < -0.39 is 5.82 Å². The van der Waals surface area contributed by atoms with Gasteiger partial charge in [-0.25, -0.2) is 9.37 Å². The van der Waals surface area contributed by atoms with Crippen LogP contribution in [0.1, 0.15) is 43.7 Å². The number of aromatic hydroxyl groups is 1. The van der Waals surface area contributed by atoms with Crippen LogP contribution < -0.4 is 5.32 Å². The van der Waals surface area contributed by atoms with Gasteiger partial charge in [0.05, 0.1) is 18.1 Å². The zero-order chi connectivity index (χ0) is 21.3. The van der Waals surface area contributed by atoms with E-state index in [4.69, 9.17) is 4.98 Å². The summed E-state index contributed by atoms with van der Waals surface area (Å²) >= 11 is 0. The van der Waals surface area contributed by atoms with E-state index in [9.17, 15) is 9.50 Å². The summed E-state index contributed by atoms with van der Waals surface area (Å²) in [6.45, 7) is 6.95. The van der Waals surface area contributed by atoms with E-state index in [-0.39, 0.29) is 17.6 Å². The summed E-state index contributed by atoms with van der Waals surface area (Å²) in [5.74, 6) is 1.08. The van der Waals surface area contributed by atoms with Crippen molar-refractivity contribution in [2.75, 3.05) is 11.9 Å². The quantitative estimate of drug-likeness (QED) is 0.473. The second-order valence-corrected chi connectivity index (χ2v) is 7.78. The summed E-state index contributed by atoms with van der Waals surface area (Å²) in [6, 6.07) is 10.5. The number of nitrogens with zero attached hydrogens (tertiary/aromatic N) is 4. The van der Waals surface area contributed by atoms with Gasteiger partial charge < -0.3 is 10.4 Å². The maximum absolute atomic E-state index is 13.7. The minimum atomic E-state index is -0.401. The largest absolute Gasteiger partial charge is 0.508 e. The fourth-order valence-corrected chi connectivity index (χ4v) is 3.39. The van der Waals surface area contributed by atoms with Gasteiger partial charge in [-0.3, -0.25) is 4.98 Å². The number of pyridine rings is 1. The molecular formula is C23H24FN5O. The molecule has 0 saturated heterocycles. The summed E-state index contributed by atoms with van der Waals surface area (Å²) < 4.78 is 15.5. The van der Waals surface area contributed by atoms with Gasteiger partial charge in [0.25, 0.3) is 0 Å². The highest BCUT2D eigenvalue weighted by atomic mass is 19.1. The van der Waals surface area contributed by atoms with E-state index in [1.807, 2.05) is 24.4 Å². The van der Waals surface area contributed by atoms with E-state index in [0.29, 0.717) is 17.8 Å². The Hall–Kier alpha value is -3.48. The van der Waals surface area contributed by atoms with Crippen LogP contribution in [0.3, 0.4) is 0 Å². The van der Waals surface area contributed by atoms with Crippen LogP contribution in [0.15, 0.2) is 55.0 Å². The molecule has 1 unspecified atom stereocenters. The number of rotatable bonds is 6. The van der Waals surface area contributed by atoms with Crippen molar-refractivity contribution in [3.8, 4) is 17.0 Å². The Bertz CT molecular complexity index is 1170. The van der Waals surface area contributed by atoms with Crippen molar-refractivity contribution < 1.29 is 9.50 Å². The molecule has 3 aromatic heterocycles. The van der Waals surface area contributed by atoms with Crippen molar-refractivity contribution in [1.29, 1.82) is 0 Å². The summed E-state index contributed by atoms with van der Waals surface area (Å²) in [5, 5.41) is 17.5. The Morgan fingerprint density at radius 1 is 1.07 bits per heavy atom. The first-order valence-corrected chi connectivity index (χ1v) is 9.94. The first kappa shape index (κ1) is 19.8. The highest BCUT2D eigenvalue weighted by molar-refractivity contribution is 5.67. The lowest BCUT2D eigenvalue weighted by Crippen LogP contribution is -2.13. The molecule has 0 fully saturated rings. The number of hydrogen-bond acceptors (Lipinski definition) is 5. The number of halogens is 1. The van der Waals surface area contributed by atoms with E-state index in [0.717, 1.165) is 22.6 Å². The zero-order valence-electron chi connectivity index (χ0n) is 17.2. The lowest BCUT2D eigenvalue weighted by atomic mass is 10.0. The van der Waals surface area contributed by atoms with Crippen LogP contribution in [0.4, 0.5) is 10.2 Å². The topological polar surface area (TPSA) is 75.3 Å². The maximum atomic E-state index is 13.7. The molecule has 0 bridgehead atoms. The van der Waals surface area contributed by atoms with E-state index in [1.54, 1.807) is 22.8 Å². The summed E-state index contributed by atoms with van der Waals surface area (Å²) in [4.78, 5) is 8.71. The van der Waals surface area contributed by atoms with E-state index in [1.165, 1.54) is 12.3 Å². The maximum Gasteiger partial charge on any atom is 0.161 e. The fraction of sp³-hybridized carbons (Fsp3) is 0.261. The van der Waals surface area contributed by atoms with Gasteiger partial charge in [-0.1, -0.05) is 32.9 Å². The van der Waals surface area contributed by atoms with Gasteiger partial charge in [-0.2, -0.15) is 9.61 Å². The van der Waals surface area contributed by atoms with Crippen LogP contribution in [0.5, 0.6) is 5.75 Å². The van der Waals surface area contributed by atoms with Gasteiger partial charge in [0, 0.05) is 29.9 Å². The highest BCUT2D eigenvalue weighted by Gasteiger charge is 2.16. The molecule has 0 aliphatic heterocycles. The molecule has 30 heavy (non-hydrogen) atoms. The third-order valence-electron chi connectivity index (χ3n) is 5.17. The van der Waals surface area contributed by atoms with Gasteiger partial charge in [0.2, 0.25) is 0 Å². The second-order valence-electron chi connectivity index (χ2n) is 7.78. The predicted octanol–water partition coefficient (Wildman–Crippen LogP) is 4.98. The minimum absolute atomic E-state index is 0.202. The molecule has 4 aromatic rings. The molecule has 6 nitrogen and oxygen atoms in total. The lowest BCUT2D eigenvalue weighted by Gasteiger charge is -2.16. The number of phenolic OH excluding ortho intramolecular Hbond substituents is 1. The number of hydrogen-bond donors (Lipinski definition) is 2. The van der Waals surface area contributed by atoms with Crippen LogP contribution >= 0.6 is 0 Å². The minimum Gasteiger partial charge on any atom is -0.508 e. The van der Waals surface area contributed by atoms with E-state index in [2.05, 4.69) is 36.2 Å². The molecule has 1 atom stereocenters. The van der Waals surface area contributed by atoms with Crippen LogP contribution in [-0.2, 0) is 0 Å². The van der Waals surface area contributed by atoms with Crippen molar-refractivity contribution in [3.63, 3.8) is 0 Å². The molecule has 4 rings (SSSR count). The van der Waals surface area contributed by atoms with Crippen LogP contribution in [-0.4, -0.2) is 31.2 Å². The molecule has 0 aliphatic carbocycles. The molecule has 0 amide bonds. The van der Waals surface area contributed by atoms with E-state index >= 15 is 0 Å². The van der Waals surface area contributed by atoms with Gasteiger partial charge in [0.1, 0.15) is 17.4 Å². The number of anilines is 1. The predicted molar refractivity (Wildman–Crippen MR) is 115 cm³/mol. The Labute approximate surface area is 174 Å². The number of aromatic nitrogens is 4. The number of fused-ring (bicyclic) bond motifs is 1. The molecule has 3 heterocycles. The Morgan fingerprint density at radius 3 is 2.53 bits per heavy atom. The SMILES string of the molecule is CC(C)c1cnn2c(NCC(C)c3ccc(O)cc3)cc(-c3cncc(F)c3)nc12. The first-order chi connectivity index (χ1) is 14.4. The Kier molecular flexibility index (Phi) is 5.35. The normalized spacial score (nSPS) is 12.4. The van der Waals surface area contributed by atoms with Crippen molar-refractivity contribution in [2.24, 2.45) is 0 Å². The van der Waals surface area contributed by atoms with Crippen molar-refractivity contribution >= 4 is 11.5 Å². The van der Waals surface area contributed by atoms with Crippen molar-refractivity contribution in [1.82, 2.24) is 19.6 Å². The lowest BCUT2D eigenvalue weighted by molar-refractivity contribution is 0.475. The van der Waals surface area contributed by atoms with Gasteiger partial charge in [-0.05, 0) is 35.6 Å². The van der Waals surface area contributed by atoms with Gasteiger partial charge in [-0.15, -0.1) is 0 Å². The molecule has 0 radical (unpaired) electrons. The second kappa shape index (κ2) is 8.10. The standard InChI is InChI=1S/C23H24FN5O/c1-14(2)20-13-27-29-22(26-10-15(3)16-4-6-19(30)7-5-16)9-21(28-23(20)29)17-8-18(24)12-25-11-17/h4-9,11-15,26,30H,10H2,1-3H3. The zero-order valence-corrected chi connectivity index (χ0v) is 17.2. The highest BCUT2D eigenvalue weighted by Crippen LogP contribution is 2.27. The summed E-state index contributed by atoms with van der Waals surface area (Å²) in [5.41, 5.74) is 4.13. The molecule has 7 heteroatoms. The average Bonchev–Trinajstić information content (AvgIpc) is 3.16. The van der Waals surface area contributed by atoms with Crippen LogP contribution in [0.2, 0.25) is 0 Å². The Morgan fingerprint density at radius 2 is 1.83 bits per heavy atom. The molecular weight excluding hydrogens is 381 g/mol. The van der Waals surface area contributed by atoms with Crippen molar-refractivity contribution in [2.45, 2.75) is 32.6 Å². The van der Waals surface area contributed by atoms with Gasteiger partial charge in [0.15, 0.2) is 5.65 Å². The van der Waals surface area contributed by atoms with Gasteiger partial charge >= 0.3 is 0 Å². The summed E-state index contributed by atoms with van der Waals surface area (Å²) in [6.07, 6.45) is 4.62. The first-order valence-electron chi connectivity index (χ1n) is 9.94. The summed E-state index contributed by atoms with van der Waals surface area (Å²) in [7, 11) is 0. The number of benzene rings is 1. The molecule has 0 aliphatic rings. The van der Waals surface area contributed by atoms with Crippen LogP contribution in [0, 0.1) is 5.82 Å².